The lowest BCUT2D eigenvalue weighted by atomic mass is 10.2. The Hall–Kier alpha value is -1.48. The molecule has 2 N–H and O–H groups in total. The maximum atomic E-state index is 12.6. The predicted molar refractivity (Wildman–Crippen MR) is 108 cm³/mol. The van der Waals surface area contributed by atoms with Gasteiger partial charge in [-0.05, 0) is 44.9 Å². The lowest BCUT2D eigenvalue weighted by Crippen LogP contribution is -2.47. The first-order valence-electron chi connectivity index (χ1n) is 10.1. The van der Waals surface area contributed by atoms with Crippen LogP contribution in [0.1, 0.15) is 49.9 Å². The standard InChI is InChI=1S/C20H31N3O4S/c1-15-13-23(14-16(2)27-15)11-10-21-20(24)17-6-5-9-19(12-17)28(25,26)22-18-7-3-4-8-18/h5-6,9,12,15-16,18,22H,3-4,7-8,10-11,13-14H2,1-2H3,(H,21,24). The van der Waals surface area contributed by atoms with Crippen molar-refractivity contribution in [3.05, 3.63) is 29.8 Å². The van der Waals surface area contributed by atoms with Gasteiger partial charge in [-0.25, -0.2) is 13.1 Å². The molecule has 1 aromatic rings. The van der Waals surface area contributed by atoms with Crippen molar-refractivity contribution in [3.8, 4) is 0 Å². The molecule has 1 saturated carbocycles. The number of hydrogen-bond donors (Lipinski definition) is 2. The van der Waals surface area contributed by atoms with Crippen LogP contribution in [0.5, 0.6) is 0 Å². The number of nitrogens with one attached hydrogen (secondary N) is 2. The van der Waals surface area contributed by atoms with Gasteiger partial charge in [0.1, 0.15) is 0 Å². The SMILES string of the molecule is CC1CN(CCNC(=O)c2cccc(S(=O)(=O)NC3CCCC3)c2)CC(C)O1. The molecule has 7 nitrogen and oxygen atoms in total. The van der Waals surface area contributed by atoms with Crippen LogP contribution in [-0.4, -0.2) is 63.7 Å². The van der Waals surface area contributed by atoms with Crippen molar-refractivity contribution in [2.45, 2.75) is 62.7 Å². The first-order valence-corrected chi connectivity index (χ1v) is 11.6. The molecule has 1 saturated heterocycles. The third-order valence-electron chi connectivity index (χ3n) is 5.29. The first kappa shape index (κ1) is 21.2. The second-order valence-corrected chi connectivity index (χ2v) is 9.62. The Morgan fingerprint density at radius 1 is 1.18 bits per heavy atom. The van der Waals surface area contributed by atoms with Crippen LogP contribution in [0.15, 0.2) is 29.2 Å². The number of carbonyl (C=O) groups excluding carboxylic acids is 1. The van der Waals surface area contributed by atoms with E-state index in [0.717, 1.165) is 45.3 Å². The summed E-state index contributed by atoms with van der Waals surface area (Å²) in [5, 5.41) is 2.89. The molecule has 28 heavy (non-hydrogen) atoms. The van der Waals surface area contributed by atoms with Gasteiger partial charge in [0.25, 0.3) is 5.91 Å². The zero-order valence-electron chi connectivity index (χ0n) is 16.7. The van der Waals surface area contributed by atoms with Gasteiger partial charge in [0.15, 0.2) is 0 Å². The summed E-state index contributed by atoms with van der Waals surface area (Å²) in [5.74, 6) is -0.257. The normalized spacial score (nSPS) is 24.4. The number of rotatable bonds is 7. The highest BCUT2D eigenvalue weighted by atomic mass is 32.2. The highest BCUT2D eigenvalue weighted by molar-refractivity contribution is 7.89. The second kappa shape index (κ2) is 9.35. The zero-order chi connectivity index (χ0) is 20.1. The number of nitrogens with zero attached hydrogens (tertiary/aromatic N) is 1. The molecule has 0 spiro atoms. The van der Waals surface area contributed by atoms with Crippen molar-refractivity contribution < 1.29 is 17.9 Å². The molecule has 2 fully saturated rings. The van der Waals surface area contributed by atoms with Crippen molar-refractivity contribution in [1.82, 2.24) is 14.9 Å². The first-order chi connectivity index (χ1) is 13.3. The van der Waals surface area contributed by atoms with Crippen LogP contribution in [0.3, 0.4) is 0 Å². The van der Waals surface area contributed by atoms with E-state index in [1.165, 1.54) is 12.1 Å². The molecule has 2 atom stereocenters. The van der Waals surface area contributed by atoms with E-state index in [1.54, 1.807) is 12.1 Å². The summed E-state index contributed by atoms with van der Waals surface area (Å²) in [6.07, 6.45) is 4.23. The van der Waals surface area contributed by atoms with Gasteiger partial charge in [-0.15, -0.1) is 0 Å². The zero-order valence-corrected chi connectivity index (χ0v) is 17.5. The molecule has 1 amide bonds. The molecule has 1 aliphatic heterocycles. The number of benzene rings is 1. The fourth-order valence-corrected chi connectivity index (χ4v) is 5.38. The minimum atomic E-state index is -3.60. The monoisotopic (exact) mass is 409 g/mol. The Morgan fingerprint density at radius 2 is 1.86 bits per heavy atom. The van der Waals surface area contributed by atoms with Crippen LogP contribution in [0, 0.1) is 0 Å². The number of sulfonamides is 1. The van der Waals surface area contributed by atoms with Crippen LogP contribution in [0.25, 0.3) is 0 Å². The van der Waals surface area contributed by atoms with E-state index in [1.807, 2.05) is 13.8 Å². The van der Waals surface area contributed by atoms with Gasteiger partial charge in [0.2, 0.25) is 10.0 Å². The minimum absolute atomic E-state index is 0.000730. The summed E-state index contributed by atoms with van der Waals surface area (Å²) in [5.41, 5.74) is 0.359. The smallest absolute Gasteiger partial charge is 0.251 e. The molecule has 8 heteroatoms. The van der Waals surface area contributed by atoms with Crippen molar-refractivity contribution in [2.24, 2.45) is 0 Å². The van der Waals surface area contributed by atoms with E-state index in [4.69, 9.17) is 4.74 Å². The molecule has 0 radical (unpaired) electrons. The maximum absolute atomic E-state index is 12.6. The third-order valence-corrected chi connectivity index (χ3v) is 6.81. The Balaban J connectivity index is 1.54. The highest BCUT2D eigenvalue weighted by Gasteiger charge is 2.24. The van der Waals surface area contributed by atoms with Crippen molar-refractivity contribution >= 4 is 15.9 Å². The topological polar surface area (TPSA) is 87.7 Å². The largest absolute Gasteiger partial charge is 0.373 e. The molecule has 1 aliphatic carbocycles. The van der Waals surface area contributed by atoms with Gasteiger partial charge < -0.3 is 10.1 Å². The summed E-state index contributed by atoms with van der Waals surface area (Å²) < 4.78 is 33.6. The molecule has 0 aromatic heterocycles. The highest BCUT2D eigenvalue weighted by Crippen LogP contribution is 2.21. The van der Waals surface area contributed by atoms with E-state index < -0.39 is 10.0 Å². The summed E-state index contributed by atoms with van der Waals surface area (Å²) in [7, 11) is -3.60. The van der Waals surface area contributed by atoms with Crippen LogP contribution in [0.4, 0.5) is 0 Å². The molecule has 1 aromatic carbocycles. The van der Waals surface area contributed by atoms with Gasteiger partial charge >= 0.3 is 0 Å². The van der Waals surface area contributed by atoms with Crippen molar-refractivity contribution in [1.29, 1.82) is 0 Å². The van der Waals surface area contributed by atoms with Crippen LogP contribution < -0.4 is 10.0 Å². The van der Waals surface area contributed by atoms with Crippen LogP contribution in [0.2, 0.25) is 0 Å². The van der Waals surface area contributed by atoms with Gasteiger partial charge in [0, 0.05) is 37.8 Å². The maximum Gasteiger partial charge on any atom is 0.251 e. The molecular weight excluding hydrogens is 378 g/mol. The average Bonchev–Trinajstić information content (AvgIpc) is 3.13. The third kappa shape index (κ3) is 5.76. The van der Waals surface area contributed by atoms with Crippen LogP contribution >= 0.6 is 0 Å². The Morgan fingerprint density at radius 3 is 2.54 bits per heavy atom. The van der Waals surface area contributed by atoms with E-state index >= 15 is 0 Å². The van der Waals surface area contributed by atoms with Crippen LogP contribution in [-0.2, 0) is 14.8 Å². The van der Waals surface area contributed by atoms with Gasteiger partial charge in [-0.2, -0.15) is 0 Å². The quantitative estimate of drug-likeness (QED) is 0.716. The molecule has 2 unspecified atom stereocenters. The average molecular weight is 410 g/mol. The lowest BCUT2D eigenvalue weighted by Gasteiger charge is -2.35. The second-order valence-electron chi connectivity index (χ2n) is 7.90. The summed E-state index contributed by atoms with van der Waals surface area (Å²) in [6.45, 7) is 7.04. The van der Waals surface area contributed by atoms with E-state index in [2.05, 4.69) is 14.9 Å². The number of hydrogen-bond acceptors (Lipinski definition) is 5. The van der Waals surface area contributed by atoms with Crippen molar-refractivity contribution in [2.75, 3.05) is 26.2 Å². The van der Waals surface area contributed by atoms with Crippen molar-refractivity contribution in [3.63, 3.8) is 0 Å². The molecule has 156 valence electrons. The molecule has 1 heterocycles. The fourth-order valence-electron chi connectivity index (χ4n) is 4.03. The van der Waals surface area contributed by atoms with Gasteiger partial charge in [0.05, 0.1) is 17.1 Å². The van der Waals surface area contributed by atoms with Gasteiger partial charge in [-0.3, -0.25) is 9.69 Å². The number of carbonyl (C=O) groups is 1. The van der Waals surface area contributed by atoms with E-state index in [0.29, 0.717) is 12.1 Å². The van der Waals surface area contributed by atoms with Gasteiger partial charge in [-0.1, -0.05) is 18.9 Å². The van der Waals surface area contributed by atoms with E-state index in [9.17, 15) is 13.2 Å². The number of ether oxygens (including phenoxy) is 1. The predicted octanol–water partition coefficient (Wildman–Crippen LogP) is 1.75. The molecular formula is C20H31N3O4S. The minimum Gasteiger partial charge on any atom is -0.373 e. The summed E-state index contributed by atoms with van der Waals surface area (Å²) in [4.78, 5) is 14.9. The fraction of sp³-hybridized carbons (Fsp3) is 0.650. The Kier molecular flexibility index (Phi) is 7.09. The molecule has 2 aliphatic rings. The lowest BCUT2D eigenvalue weighted by molar-refractivity contribution is -0.0672. The Labute approximate surface area is 167 Å². The summed E-state index contributed by atoms with van der Waals surface area (Å²) >= 11 is 0. The Bertz CT molecular complexity index is 767. The van der Waals surface area contributed by atoms with E-state index in [-0.39, 0.29) is 29.1 Å². The molecule has 3 rings (SSSR count). The summed E-state index contributed by atoms with van der Waals surface area (Å²) in [6, 6.07) is 6.24. The number of morpholine rings is 1. The number of amides is 1. The molecule has 0 bridgehead atoms.